The summed E-state index contributed by atoms with van der Waals surface area (Å²) in [7, 11) is 1.64. The fourth-order valence-corrected chi connectivity index (χ4v) is 1.72. The highest BCUT2D eigenvalue weighted by Crippen LogP contribution is 2.24. The zero-order valence-electron chi connectivity index (χ0n) is 9.21. The van der Waals surface area contributed by atoms with Crippen LogP contribution in [0.4, 0.5) is 0 Å². The van der Waals surface area contributed by atoms with Crippen LogP contribution in [0.25, 0.3) is 0 Å². The Balaban J connectivity index is 2.88. The SMILES string of the molecule is COc1ccc(Br)c(CC(C)C(C)=O)c1. The number of hydrogen-bond donors (Lipinski definition) is 0. The summed E-state index contributed by atoms with van der Waals surface area (Å²) in [6, 6.07) is 5.80. The zero-order chi connectivity index (χ0) is 11.4. The highest BCUT2D eigenvalue weighted by molar-refractivity contribution is 9.10. The van der Waals surface area contributed by atoms with E-state index in [0.29, 0.717) is 0 Å². The van der Waals surface area contributed by atoms with E-state index >= 15 is 0 Å². The van der Waals surface area contributed by atoms with E-state index in [2.05, 4.69) is 15.9 Å². The van der Waals surface area contributed by atoms with Crippen molar-refractivity contribution < 1.29 is 9.53 Å². The molecule has 0 aliphatic rings. The van der Waals surface area contributed by atoms with Gasteiger partial charge in [0.15, 0.2) is 0 Å². The fourth-order valence-electron chi connectivity index (χ4n) is 1.31. The average molecular weight is 271 g/mol. The average Bonchev–Trinajstić information content (AvgIpc) is 2.21. The first-order valence-corrected chi connectivity index (χ1v) is 5.66. The number of rotatable bonds is 4. The second kappa shape index (κ2) is 5.31. The van der Waals surface area contributed by atoms with Crippen molar-refractivity contribution >= 4 is 21.7 Å². The van der Waals surface area contributed by atoms with E-state index in [0.717, 1.165) is 22.2 Å². The van der Waals surface area contributed by atoms with E-state index in [1.54, 1.807) is 14.0 Å². The lowest BCUT2D eigenvalue weighted by molar-refractivity contribution is -0.120. The maximum atomic E-state index is 11.2. The van der Waals surface area contributed by atoms with E-state index in [1.165, 1.54) is 0 Å². The van der Waals surface area contributed by atoms with Crippen LogP contribution in [0.3, 0.4) is 0 Å². The minimum atomic E-state index is 0.0495. The molecule has 0 radical (unpaired) electrons. The van der Waals surface area contributed by atoms with Crippen LogP contribution in [-0.2, 0) is 11.2 Å². The van der Waals surface area contributed by atoms with Gasteiger partial charge in [0, 0.05) is 10.4 Å². The highest BCUT2D eigenvalue weighted by atomic mass is 79.9. The highest BCUT2D eigenvalue weighted by Gasteiger charge is 2.11. The van der Waals surface area contributed by atoms with Gasteiger partial charge in [-0.15, -0.1) is 0 Å². The molecule has 0 bridgehead atoms. The molecule has 1 unspecified atom stereocenters. The summed E-state index contributed by atoms with van der Waals surface area (Å²) in [6.45, 7) is 3.56. The van der Waals surface area contributed by atoms with E-state index in [1.807, 2.05) is 25.1 Å². The molecule has 0 aliphatic heterocycles. The lowest BCUT2D eigenvalue weighted by atomic mass is 9.98. The Kier molecular flexibility index (Phi) is 4.33. The van der Waals surface area contributed by atoms with Gasteiger partial charge in [0.25, 0.3) is 0 Å². The number of Topliss-reactive ketones (excluding diaryl/α,β-unsaturated/α-hetero) is 1. The molecule has 15 heavy (non-hydrogen) atoms. The van der Waals surface area contributed by atoms with E-state index in [-0.39, 0.29) is 11.7 Å². The molecule has 2 nitrogen and oxygen atoms in total. The van der Waals surface area contributed by atoms with Gasteiger partial charge in [-0.05, 0) is 37.1 Å². The number of halogens is 1. The Morgan fingerprint density at radius 3 is 2.73 bits per heavy atom. The monoisotopic (exact) mass is 270 g/mol. The summed E-state index contributed by atoms with van der Waals surface area (Å²) < 4.78 is 6.17. The van der Waals surface area contributed by atoms with Crippen molar-refractivity contribution in [1.82, 2.24) is 0 Å². The summed E-state index contributed by atoms with van der Waals surface area (Å²) in [5.74, 6) is 1.09. The quantitative estimate of drug-likeness (QED) is 0.840. The first-order chi connectivity index (χ1) is 7.04. The number of methoxy groups -OCH3 is 1. The van der Waals surface area contributed by atoms with E-state index in [4.69, 9.17) is 4.74 Å². The third-order valence-corrected chi connectivity index (χ3v) is 3.25. The number of hydrogen-bond acceptors (Lipinski definition) is 2. The van der Waals surface area contributed by atoms with Gasteiger partial charge in [-0.3, -0.25) is 4.79 Å². The second-order valence-corrected chi connectivity index (χ2v) is 4.53. The molecule has 0 N–H and O–H groups in total. The number of ether oxygens (including phenoxy) is 1. The summed E-state index contributed by atoms with van der Waals surface area (Å²) >= 11 is 3.47. The molecular weight excluding hydrogens is 256 g/mol. The molecule has 1 rings (SSSR count). The largest absolute Gasteiger partial charge is 0.497 e. The molecule has 0 spiro atoms. The van der Waals surface area contributed by atoms with Crippen molar-refractivity contribution in [3.05, 3.63) is 28.2 Å². The number of carbonyl (C=O) groups excluding carboxylic acids is 1. The molecule has 1 aromatic rings. The molecule has 0 saturated heterocycles. The molecular formula is C12H15BrO2. The van der Waals surface area contributed by atoms with E-state index < -0.39 is 0 Å². The molecule has 0 heterocycles. The van der Waals surface area contributed by atoms with Crippen molar-refractivity contribution in [2.75, 3.05) is 7.11 Å². The molecule has 0 aromatic heterocycles. The van der Waals surface area contributed by atoms with Crippen LogP contribution >= 0.6 is 15.9 Å². The standard InChI is InChI=1S/C12H15BrO2/c1-8(9(2)14)6-10-7-11(15-3)4-5-12(10)13/h4-5,7-8H,6H2,1-3H3. The van der Waals surface area contributed by atoms with Gasteiger partial charge < -0.3 is 4.74 Å². The van der Waals surface area contributed by atoms with Gasteiger partial charge in [-0.2, -0.15) is 0 Å². The summed E-state index contributed by atoms with van der Waals surface area (Å²) in [5.41, 5.74) is 1.11. The Labute approximate surface area is 98.8 Å². The first-order valence-electron chi connectivity index (χ1n) is 4.87. The molecule has 1 atom stereocenters. The Morgan fingerprint density at radius 2 is 2.20 bits per heavy atom. The maximum Gasteiger partial charge on any atom is 0.132 e. The summed E-state index contributed by atoms with van der Waals surface area (Å²) in [4.78, 5) is 11.2. The molecule has 3 heteroatoms. The van der Waals surface area contributed by atoms with Crippen molar-refractivity contribution in [3.8, 4) is 5.75 Å². The van der Waals surface area contributed by atoms with Crippen LogP contribution in [-0.4, -0.2) is 12.9 Å². The second-order valence-electron chi connectivity index (χ2n) is 3.67. The minimum absolute atomic E-state index is 0.0495. The molecule has 0 amide bonds. The number of carbonyl (C=O) groups is 1. The summed E-state index contributed by atoms with van der Waals surface area (Å²) in [5, 5.41) is 0. The Hall–Kier alpha value is -0.830. The van der Waals surface area contributed by atoms with Gasteiger partial charge in [-0.25, -0.2) is 0 Å². The molecule has 1 aromatic carbocycles. The molecule has 0 saturated carbocycles. The smallest absolute Gasteiger partial charge is 0.132 e. The van der Waals surface area contributed by atoms with Gasteiger partial charge in [-0.1, -0.05) is 22.9 Å². The molecule has 0 aliphatic carbocycles. The Bertz CT molecular complexity index is 361. The number of ketones is 1. The normalized spacial score (nSPS) is 12.3. The third kappa shape index (κ3) is 3.34. The van der Waals surface area contributed by atoms with Crippen LogP contribution in [0, 0.1) is 5.92 Å². The van der Waals surface area contributed by atoms with Crippen LogP contribution in [0.5, 0.6) is 5.75 Å². The van der Waals surface area contributed by atoms with Gasteiger partial charge in [0.1, 0.15) is 11.5 Å². The van der Waals surface area contributed by atoms with Gasteiger partial charge in [0.05, 0.1) is 7.11 Å². The van der Waals surface area contributed by atoms with Crippen molar-refractivity contribution in [2.24, 2.45) is 5.92 Å². The van der Waals surface area contributed by atoms with Crippen LogP contribution in [0.2, 0.25) is 0 Å². The minimum Gasteiger partial charge on any atom is -0.497 e. The zero-order valence-corrected chi connectivity index (χ0v) is 10.8. The predicted octanol–water partition coefficient (Wildman–Crippen LogP) is 3.23. The third-order valence-electron chi connectivity index (χ3n) is 2.47. The first kappa shape index (κ1) is 12.2. The fraction of sp³-hybridized carbons (Fsp3) is 0.417. The van der Waals surface area contributed by atoms with Gasteiger partial charge in [0.2, 0.25) is 0 Å². The molecule has 82 valence electrons. The lowest BCUT2D eigenvalue weighted by Crippen LogP contribution is -2.09. The lowest BCUT2D eigenvalue weighted by Gasteiger charge is -2.10. The molecule has 0 fully saturated rings. The maximum absolute atomic E-state index is 11.2. The van der Waals surface area contributed by atoms with Crippen molar-refractivity contribution in [3.63, 3.8) is 0 Å². The van der Waals surface area contributed by atoms with Crippen LogP contribution in [0.15, 0.2) is 22.7 Å². The van der Waals surface area contributed by atoms with Crippen LogP contribution in [0.1, 0.15) is 19.4 Å². The van der Waals surface area contributed by atoms with E-state index in [9.17, 15) is 4.79 Å². The van der Waals surface area contributed by atoms with Crippen molar-refractivity contribution in [2.45, 2.75) is 20.3 Å². The summed E-state index contributed by atoms with van der Waals surface area (Å²) in [6.07, 6.45) is 0.743. The van der Waals surface area contributed by atoms with Crippen molar-refractivity contribution in [1.29, 1.82) is 0 Å². The Morgan fingerprint density at radius 1 is 1.53 bits per heavy atom. The predicted molar refractivity (Wildman–Crippen MR) is 64.2 cm³/mol. The topological polar surface area (TPSA) is 26.3 Å². The van der Waals surface area contributed by atoms with Crippen LogP contribution < -0.4 is 4.74 Å². The number of benzene rings is 1. The van der Waals surface area contributed by atoms with Gasteiger partial charge >= 0.3 is 0 Å².